The van der Waals surface area contributed by atoms with Crippen molar-refractivity contribution in [3.63, 3.8) is 0 Å². The van der Waals surface area contributed by atoms with Gasteiger partial charge in [0.2, 0.25) is 5.88 Å². The van der Waals surface area contributed by atoms with Gasteiger partial charge in [0.1, 0.15) is 0 Å². The summed E-state index contributed by atoms with van der Waals surface area (Å²) in [4.78, 5) is 14.7. The average Bonchev–Trinajstić information content (AvgIpc) is 2.60. The minimum Gasteiger partial charge on any atom is -0.480 e. The van der Waals surface area contributed by atoms with Crippen LogP contribution in [-0.2, 0) is 6.42 Å². The maximum Gasteiger partial charge on any atom is 0.274 e. The van der Waals surface area contributed by atoms with Crippen molar-refractivity contribution in [2.45, 2.75) is 25.8 Å². The maximum atomic E-state index is 12.8. The summed E-state index contributed by atoms with van der Waals surface area (Å²) in [5, 5.41) is 7.87. The Morgan fingerprint density at radius 2 is 2.09 bits per heavy atom. The number of hydrogen-bond acceptors (Lipinski definition) is 4. The highest BCUT2D eigenvalue weighted by Gasteiger charge is 2.30. The molecule has 0 radical (unpaired) electrons. The molecular weight excluding hydrogens is 278 g/mol. The Labute approximate surface area is 129 Å². The molecule has 1 unspecified atom stereocenters. The Morgan fingerprint density at radius 3 is 2.77 bits per heavy atom. The number of amides is 1. The standard InChI is InChI=1S/C17H19N3O2/c1-3-15-13-7-5-4-6-12(13)10-11-20(15)17(21)14-8-9-16(22-2)19-18-14/h4-9,15H,3,10-11H2,1-2H3. The van der Waals surface area contributed by atoms with E-state index in [9.17, 15) is 4.79 Å². The second kappa shape index (κ2) is 6.13. The number of rotatable bonds is 3. The lowest BCUT2D eigenvalue weighted by atomic mass is 9.91. The molecule has 22 heavy (non-hydrogen) atoms. The molecule has 0 saturated heterocycles. The Morgan fingerprint density at radius 1 is 1.27 bits per heavy atom. The van der Waals surface area contributed by atoms with Crippen LogP contribution in [0.2, 0.25) is 0 Å². The van der Waals surface area contributed by atoms with Gasteiger partial charge < -0.3 is 9.64 Å². The lowest BCUT2D eigenvalue weighted by Crippen LogP contribution is -2.40. The molecule has 0 bridgehead atoms. The topological polar surface area (TPSA) is 55.3 Å². The smallest absolute Gasteiger partial charge is 0.274 e. The van der Waals surface area contributed by atoms with Crippen LogP contribution in [0.15, 0.2) is 36.4 Å². The fourth-order valence-electron chi connectivity index (χ4n) is 3.03. The molecular formula is C17H19N3O2. The van der Waals surface area contributed by atoms with Gasteiger partial charge in [0.25, 0.3) is 5.91 Å². The van der Waals surface area contributed by atoms with Gasteiger partial charge in [-0.2, -0.15) is 0 Å². The molecule has 0 N–H and O–H groups in total. The molecule has 2 aromatic rings. The minimum absolute atomic E-state index is 0.0727. The van der Waals surface area contributed by atoms with Gasteiger partial charge in [-0.25, -0.2) is 0 Å². The number of ether oxygens (including phenoxy) is 1. The van der Waals surface area contributed by atoms with Crippen LogP contribution in [0.1, 0.15) is 41.0 Å². The molecule has 2 heterocycles. The van der Waals surface area contributed by atoms with Gasteiger partial charge in [0, 0.05) is 12.6 Å². The summed E-state index contributed by atoms with van der Waals surface area (Å²) in [6, 6.07) is 11.8. The summed E-state index contributed by atoms with van der Waals surface area (Å²) in [5.74, 6) is 0.337. The van der Waals surface area contributed by atoms with E-state index >= 15 is 0 Å². The lowest BCUT2D eigenvalue weighted by Gasteiger charge is -2.36. The average molecular weight is 297 g/mol. The number of carbonyl (C=O) groups excluding carboxylic acids is 1. The second-order valence-corrected chi connectivity index (χ2v) is 5.33. The minimum atomic E-state index is -0.0727. The third-order valence-electron chi connectivity index (χ3n) is 4.13. The van der Waals surface area contributed by atoms with Crippen LogP contribution in [0.3, 0.4) is 0 Å². The van der Waals surface area contributed by atoms with E-state index < -0.39 is 0 Å². The first-order valence-corrected chi connectivity index (χ1v) is 7.51. The normalized spacial score (nSPS) is 17.0. The van der Waals surface area contributed by atoms with Crippen molar-refractivity contribution in [1.29, 1.82) is 0 Å². The molecule has 1 atom stereocenters. The molecule has 1 amide bonds. The van der Waals surface area contributed by atoms with Gasteiger partial charge in [0.05, 0.1) is 13.2 Å². The Bertz CT molecular complexity index is 670. The molecule has 1 aromatic carbocycles. The molecule has 0 saturated carbocycles. The first kappa shape index (κ1) is 14.5. The van der Waals surface area contributed by atoms with Crippen molar-refractivity contribution >= 4 is 5.91 Å². The number of carbonyl (C=O) groups is 1. The van der Waals surface area contributed by atoms with E-state index in [4.69, 9.17) is 4.74 Å². The number of methoxy groups -OCH3 is 1. The second-order valence-electron chi connectivity index (χ2n) is 5.33. The molecule has 5 heteroatoms. The highest BCUT2D eigenvalue weighted by molar-refractivity contribution is 5.92. The van der Waals surface area contributed by atoms with Gasteiger partial charge in [0.15, 0.2) is 5.69 Å². The van der Waals surface area contributed by atoms with E-state index in [1.807, 2.05) is 11.0 Å². The van der Waals surface area contributed by atoms with Gasteiger partial charge in [-0.3, -0.25) is 4.79 Å². The zero-order valence-corrected chi connectivity index (χ0v) is 12.8. The zero-order valence-electron chi connectivity index (χ0n) is 12.8. The quantitative estimate of drug-likeness (QED) is 0.874. The van der Waals surface area contributed by atoms with E-state index in [2.05, 4.69) is 35.3 Å². The Kier molecular flexibility index (Phi) is 4.04. The summed E-state index contributed by atoms with van der Waals surface area (Å²) in [6.45, 7) is 2.81. The molecule has 0 fully saturated rings. The van der Waals surface area contributed by atoms with Crippen LogP contribution in [0.25, 0.3) is 0 Å². The summed E-state index contributed by atoms with van der Waals surface area (Å²) < 4.78 is 4.98. The van der Waals surface area contributed by atoms with E-state index in [-0.39, 0.29) is 11.9 Å². The fraction of sp³-hybridized carbons (Fsp3) is 0.353. The highest BCUT2D eigenvalue weighted by atomic mass is 16.5. The largest absolute Gasteiger partial charge is 0.480 e. The van der Waals surface area contributed by atoms with Crippen LogP contribution in [0.4, 0.5) is 0 Å². The highest BCUT2D eigenvalue weighted by Crippen LogP contribution is 2.32. The number of aromatic nitrogens is 2. The van der Waals surface area contributed by atoms with Crippen LogP contribution >= 0.6 is 0 Å². The van der Waals surface area contributed by atoms with Crippen LogP contribution in [0.5, 0.6) is 5.88 Å². The molecule has 5 nitrogen and oxygen atoms in total. The number of nitrogens with zero attached hydrogens (tertiary/aromatic N) is 3. The van der Waals surface area contributed by atoms with E-state index in [1.54, 1.807) is 12.1 Å². The zero-order chi connectivity index (χ0) is 15.5. The van der Waals surface area contributed by atoms with Crippen molar-refractivity contribution in [2.24, 2.45) is 0 Å². The molecule has 1 aromatic heterocycles. The van der Waals surface area contributed by atoms with Crippen molar-refractivity contribution in [3.05, 3.63) is 53.2 Å². The third kappa shape index (κ3) is 2.54. The Balaban J connectivity index is 1.89. The summed E-state index contributed by atoms with van der Waals surface area (Å²) >= 11 is 0. The van der Waals surface area contributed by atoms with Gasteiger partial charge in [-0.05, 0) is 30.0 Å². The predicted octanol–water partition coefficient (Wildman–Crippen LogP) is 2.63. The van der Waals surface area contributed by atoms with Crippen LogP contribution in [-0.4, -0.2) is 34.7 Å². The van der Waals surface area contributed by atoms with Gasteiger partial charge >= 0.3 is 0 Å². The van der Waals surface area contributed by atoms with Crippen LogP contribution in [0, 0.1) is 0 Å². The number of fused-ring (bicyclic) bond motifs is 1. The number of hydrogen-bond donors (Lipinski definition) is 0. The summed E-state index contributed by atoms with van der Waals surface area (Å²) in [6.07, 6.45) is 1.76. The lowest BCUT2D eigenvalue weighted by molar-refractivity contribution is 0.0648. The third-order valence-corrected chi connectivity index (χ3v) is 4.13. The maximum absolute atomic E-state index is 12.8. The van der Waals surface area contributed by atoms with Crippen molar-refractivity contribution in [2.75, 3.05) is 13.7 Å². The van der Waals surface area contributed by atoms with Crippen molar-refractivity contribution in [1.82, 2.24) is 15.1 Å². The predicted molar refractivity (Wildman–Crippen MR) is 82.8 cm³/mol. The van der Waals surface area contributed by atoms with E-state index in [0.29, 0.717) is 18.1 Å². The molecule has 3 rings (SSSR count). The molecule has 114 valence electrons. The first-order chi connectivity index (χ1) is 10.7. The summed E-state index contributed by atoms with van der Waals surface area (Å²) in [7, 11) is 1.53. The van der Waals surface area contributed by atoms with E-state index in [0.717, 1.165) is 12.8 Å². The Hall–Kier alpha value is -2.43. The van der Waals surface area contributed by atoms with Gasteiger partial charge in [-0.15, -0.1) is 10.2 Å². The number of benzene rings is 1. The summed E-state index contributed by atoms with van der Waals surface area (Å²) in [5.41, 5.74) is 2.93. The molecule has 0 spiro atoms. The van der Waals surface area contributed by atoms with Crippen molar-refractivity contribution in [3.8, 4) is 5.88 Å². The monoisotopic (exact) mass is 297 g/mol. The molecule has 1 aliphatic heterocycles. The SMILES string of the molecule is CCC1c2ccccc2CCN1C(=O)c1ccc(OC)nn1. The van der Waals surface area contributed by atoms with Crippen LogP contribution < -0.4 is 4.74 Å². The molecule has 0 aliphatic carbocycles. The molecule has 1 aliphatic rings. The fourth-order valence-corrected chi connectivity index (χ4v) is 3.03. The first-order valence-electron chi connectivity index (χ1n) is 7.51. The van der Waals surface area contributed by atoms with E-state index in [1.165, 1.54) is 18.2 Å². The van der Waals surface area contributed by atoms with Crippen molar-refractivity contribution < 1.29 is 9.53 Å². The van der Waals surface area contributed by atoms with Gasteiger partial charge in [-0.1, -0.05) is 31.2 Å².